The molecule has 0 spiro atoms. The summed E-state index contributed by atoms with van der Waals surface area (Å²) in [5.41, 5.74) is 2.73. The molecule has 186 valence electrons. The van der Waals surface area contributed by atoms with Gasteiger partial charge in [0.2, 0.25) is 21.8 Å². The van der Waals surface area contributed by atoms with Crippen molar-refractivity contribution in [3.63, 3.8) is 0 Å². The number of sulfonamides is 1. The molecule has 0 fully saturated rings. The fourth-order valence-corrected chi connectivity index (χ4v) is 4.38. The lowest BCUT2D eigenvalue weighted by atomic mass is 10.1. The SMILES string of the molecule is CCC(C)NC(=O)C(C)N(Cc1ccc(F)cc1)C(=O)CN(c1cc(C)cc(C)c1)S(C)(=O)=O. The molecule has 0 aliphatic rings. The predicted octanol–water partition coefficient (Wildman–Crippen LogP) is 3.54. The highest BCUT2D eigenvalue weighted by Crippen LogP contribution is 2.22. The fourth-order valence-electron chi connectivity index (χ4n) is 3.54. The Morgan fingerprint density at radius 2 is 1.59 bits per heavy atom. The van der Waals surface area contributed by atoms with Gasteiger partial charge in [0.25, 0.3) is 0 Å². The van der Waals surface area contributed by atoms with Gasteiger partial charge in [-0.05, 0) is 75.1 Å². The van der Waals surface area contributed by atoms with Crippen molar-refractivity contribution in [3.8, 4) is 0 Å². The van der Waals surface area contributed by atoms with Crippen molar-refractivity contribution in [2.24, 2.45) is 0 Å². The Balaban J connectivity index is 2.41. The minimum Gasteiger partial charge on any atom is -0.352 e. The van der Waals surface area contributed by atoms with Crippen LogP contribution in [0.25, 0.3) is 0 Å². The molecular formula is C25H34FN3O4S. The smallest absolute Gasteiger partial charge is 0.244 e. The van der Waals surface area contributed by atoms with E-state index in [9.17, 15) is 22.4 Å². The lowest BCUT2D eigenvalue weighted by Crippen LogP contribution is -2.52. The third-order valence-corrected chi connectivity index (χ3v) is 6.75. The topological polar surface area (TPSA) is 86.8 Å². The van der Waals surface area contributed by atoms with Crippen molar-refractivity contribution in [2.45, 2.75) is 59.7 Å². The van der Waals surface area contributed by atoms with Crippen LogP contribution < -0.4 is 9.62 Å². The monoisotopic (exact) mass is 491 g/mol. The van der Waals surface area contributed by atoms with Crippen LogP contribution in [-0.4, -0.2) is 50.0 Å². The van der Waals surface area contributed by atoms with Gasteiger partial charge in [0.15, 0.2) is 0 Å². The van der Waals surface area contributed by atoms with E-state index in [2.05, 4.69) is 5.32 Å². The highest BCUT2D eigenvalue weighted by Gasteiger charge is 2.30. The van der Waals surface area contributed by atoms with E-state index in [1.165, 1.54) is 29.2 Å². The number of hydrogen-bond acceptors (Lipinski definition) is 4. The molecule has 2 amide bonds. The lowest BCUT2D eigenvalue weighted by Gasteiger charge is -2.32. The molecule has 0 bridgehead atoms. The molecule has 7 nitrogen and oxygen atoms in total. The maximum Gasteiger partial charge on any atom is 0.244 e. The zero-order valence-corrected chi connectivity index (χ0v) is 21.4. The van der Waals surface area contributed by atoms with Crippen molar-refractivity contribution < 1.29 is 22.4 Å². The number of nitrogens with one attached hydrogen (secondary N) is 1. The van der Waals surface area contributed by atoms with Crippen LogP contribution in [0.2, 0.25) is 0 Å². The van der Waals surface area contributed by atoms with Crippen molar-refractivity contribution in [2.75, 3.05) is 17.1 Å². The highest BCUT2D eigenvalue weighted by atomic mass is 32.2. The van der Waals surface area contributed by atoms with Gasteiger partial charge >= 0.3 is 0 Å². The molecule has 2 rings (SSSR count). The average molecular weight is 492 g/mol. The fraction of sp³-hybridized carbons (Fsp3) is 0.440. The molecule has 0 aliphatic heterocycles. The molecule has 0 aliphatic carbocycles. The maximum absolute atomic E-state index is 13.5. The molecule has 0 heterocycles. The molecule has 0 saturated heterocycles. The predicted molar refractivity (Wildman–Crippen MR) is 132 cm³/mol. The summed E-state index contributed by atoms with van der Waals surface area (Å²) in [4.78, 5) is 27.7. The second-order valence-electron chi connectivity index (χ2n) is 8.76. The summed E-state index contributed by atoms with van der Waals surface area (Å²) in [6, 6.07) is 9.98. The third kappa shape index (κ3) is 7.55. The number of carbonyl (C=O) groups excluding carboxylic acids is 2. The zero-order valence-electron chi connectivity index (χ0n) is 20.6. The number of amides is 2. The maximum atomic E-state index is 13.5. The first-order valence-corrected chi connectivity index (χ1v) is 13.1. The quantitative estimate of drug-likeness (QED) is 0.551. The van der Waals surface area contributed by atoms with Crippen LogP contribution in [0.4, 0.5) is 10.1 Å². The summed E-state index contributed by atoms with van der Waals surface area (Å²) in [6.07, 6.45) is 1.76. The molecule has 34 heavy (non-hydrogen) atoms. The molecule has 0 saturated carbocycles. The molecule has 2 aromatic carbocycles. The summed E-state index contributed by atoms with van der Waals surface area (Å²) >= 11 is 0. The Morgan fingerprint density at radius 3 is 2.09 bits per heavy atom. The van der Waals surface area contributed by atoms with E-state index in [-0.39, 0.29) is 18.5 Å². The number of nitrogens with zero attached hydrogens (tertiary/aromatic N) is 2. The van der Waals surface area contributed by atoms with Gasteiger partial charge in [0.1, 0.15) is 18.4 Å². The van der Waals surface area contributed by atoms with Crippen LogP contribution in [0.5, 0.6) is 0 Å². The Hall–Kier alpha value is -2.94. The summed E-state index contributed by atoms with van der Waals surface area (Å²) in [5.74, 6) is -1.30. The highest BCUT2D eigenvalue weighted by molar-refractivity contribution is 7.92. The summed E-state index contributed by atoms with van der Waals surface area (Å²) < 4.78 is 39.7. The second kappa shape index (κ2) is 11.5. The Bertz CT molecular complexity index is 1100. The van der Waals surface area contributed by atoms with Crippen LogP contribution >= 0.6 is 0 Å². The second-order valence-corrected chi connectivity index (χ2v) is 10.7. The largest absolute Gasteiger partial charge is 0.352 e. The number of carbonyl (C=O) groups is 2. The molecule has 2 atom stereocenters. The van der Waals surface area contributed by atoms with Gasteiger partial charge in [-0.25, -0.2) is 12.8 Å². The molecule has 0 aromatic heterocycles. The molecular weight excluding hydrogens is 457 g/mol. The van der Waals surface area contributed by atoms with Gasteiger partial charge in [0, 0.05) is 12.6 Å². The number of halogens is 1. The Morgan fingerprint density at radius 1 is 1.03 bits per heavy atom. The molecule has 2 aromatic rings. The number of anilines is 1. The number of hydrogen-bond donors (Lipinski definition) is 1. The van der Waals surface area contributed by atoms with Crippen LogP contribution in [0.15, 0.2) is 42.5 Å². The van der Waals surface area contributed by atoms with E-state index in [1.807, 2.05) is 33.8 Å². The molecule has 9 heteroatoms. The number of aryl methyl sites for hydroxylation is 2. The Labute approximate surface area is 202 Å². The van der Waals surface area contributed by atoms with E-state index in [0.717, 1.165) is 28.1 Å². The third-order valence-electron chi connectivity index (χ3n) is 5.61. The Kier molecular flexibility index (Phi) is 9.21. The van der Waals surface area contributed by atoms with Gasteiger partial charge in [-0.15, -0.1) is 0 Å². The van der Waals surface area contributed by atoms with Crippen LogP contribution in [0, 0.1) is 19.7 Å². The lowest BCUT2D eigenvalue weighted by molar-refractivity contribution is -0.139. The van der Waals surface area contributed by atoms with Gasteiger partial charge in [-0.2, -0.15) is 0 Å². The van der Waals surface area contributed by atoms with Crippen molar-refractivity contribution in [1.82, 2.24) is 10.2 Å². The van der Waals surface area contributed by atoms with E-state index in [4.69, 9.17) is 0 Å². The van der Waals surface area contributed by atoms with Crippen LogP contribution in [-0.2, 0) is 26.2 Å². The summed E-state index contributed by atoms with van der Waals surface area (Å²) in [5, 5.41) is 2.87. The van der Waals surface area contributed by atoms with Crippen molar-refractivity contribution >= 4 is 27.5 Å². The number of benzene rings is 2. The first-order chi connectivity index (χ1) is 15.8. The van der Waals surface area contributed by atoms with Gasteiger partial charge < -0.3 is 10.2 Å². The summed E-state index contributed by atoms with van der Waals surface area (Å²) in [6.45, 7) is 8.65. The van der Waals surface area contributed by atoms with Crippen molar-refractivity contribution in [1.29, 1.82) is 0 Å². The molecule has 0 radical (unpaired) electrons. The standard InChI is InChI=1S/C25H34FN3O4S/c1-7-19(4)27-25(31)20(5)28(15-21-8-10-22(26)11-9-21)24(30)16-29(34(6,32)33)23-13-17(2)12-18(3)14-23/h8-14,19-20H,7,15-16H2,1-6H3,(H,27,31). The van der Waals surface area contributed by atoms with Crippen LogP contribution in [0.3, 0.4) is 0 Å². The van der Waals surface area contributed by atoms with Crippen LogP contribution in [0.1, 0.15) is 43.9 Å². The average Bonchev–Trinajstić information content (AvgIpc) is 2.74. The summed E-state index contributed by atoms with van der Waals surface area (Å²) in [7, 11) is -3.79. The molecule has 1 N–H and O–H groups in total. The normalized spacial score (nSPS) is 13.1. The first kappa shape index (κ1) is 27.3. The minimum atomic E-state index is -3.79. The van der Waals surface area contributed by atoms with E-state index in [1.54, 1.807) is 19.1 Å². The zero-order chi connectivity index (χ0) is 25.6. The van der Waals surface area contributed by atoms with Gasteiger partial charge in [0.05, 0.1) is 11.9 Å². The van der Waals surface area contributed by atoms with Crippen molar-refractivity contribution in [3.05, 3.63) is 65.0 Å². The van der Waals surface area contributed by atoms with E-state index in [0.29, 0.717) is 11.3 Å². The van der Waals surface area contributed by atoms with E-state index < -0.39 is 34.3 Å². The molecule has 2 unspecified atom stereocenters. The van der Waals surface area contributed by atoms with E-state index >= 15 is 0 Å². The van der Waals surface area contributed by atoms with Gasteiger partial charge in [-0.1, -0.05) is 25.1 Å². The van der Waals surface area contributed by atoms with Gasteiger partial charge in [-0.3, -0.25) is 13.9 Å². The number of rotatable bonds is 10. The minimum absolute atomic E-state index is 0.0264. The first-order valence-electron chi connectivity index (χ1n) is 11.2.